The Hall–Kier alpha value is -5.32. The lowest BCUT2D eigenvalue weighted by Gasteiger charge is -2.26. The van der Waals surface area contributed by atoms with Crippen molar-refractivity contribution in [1.29, 1.82) is 0 Å². The molecule has 0 unspecified atom stereocenters. The topological polar surface area (TPSA) is 97.6 Å². The van der Waals surface area contributed by atoms with Gasteiger partial charge < -0.3 is 23.7 Å². The van der Waals surface area contributed by atoms with Gasteiger partial charge in [0.05, 0.1) is 54.8 Å². The van der Waals surface area contributed by atoms with Crippen molar-refractivity contribution < 1.29 is 28.5 Å². The van der Waals surface area contributed by atoms with Gasteiger partial charge in [-0.05, 0) is 54.0 Å². The summed E-state index contributed by atoms with van der Waals surface area (Å²) in [4.78, 5) is 33.5. The van der Waals surface area contributed by atoms with E-state index in [1.54, 1.807) is 50.4 Å². The number of nitrogens with zero attached hydrogens (tertiary/aromatic N) is 2. The second kappa shape index (κ2) is 14.8. The van der Waals surface area contributed by atoms with Crippen LogP contribution in [-0.2, 0) is 16.1 Å². The third-order valence-corrected chi connectivity index (χ3v) is 9.14. The van der Waals surface area contributed by atoms with Crippen molar-refractivity contribution in [3.05, 3.63) is 144 Å². The zero-order valence-electron chi connectivity index (χ0n) is 27.3. The molecule has 0 N–H and O–H groups in total. The zero-order chi connectivity index (χ0) is 34.5. The fourth-order valence-corrected chi connectivity index (χ4v) is 6.90. The molecular weight excluding hydrogens is 664 g/mol. The van der Waals surface area contributed by atoms with Gasteiger partial charge in [-0.2, -0.15) is 0 Å². The summed E-state index contributed by atoms with van der Waals surface area (Å²) < 4.78 is 30.2. The molecule has 0 fully saturated rings. The Morgan fingerprint density at radius 2 is 1.59 bits per heavy atom. The van der Waals surface area contributed by atoms with Crippen molar-refractivity contribution in [3.63, 3.8) is 0 Å². The summed E-state index contributed by atoms with van der Waals surface area (Å²) in [6.45, 7) is 2.18. The zero-order valence-corrected chi connectivity index (χ0v) is 28.8. The van der Waals surface area contributed by atoms with Crippen LogP contribution in [0.15, 0.2) is 106 Å². The first kappa shape index (κ1) is 33.6. The van der Waals surface area contributed by atoms with E-state index in [1.807, 2.05) is 60.7 Å². The van der Waals surface area contributed by atoms with E-state index in [4.69, 9.17) is 40.3 Å². The van der Waals surface area contributed by atoms with Crippen molar-refractivity contribution in [2.75, 3.05) is 27.9 Å². The second-order valence-corrected chi connectivity index (χ2v) is 12.3. The van der Waals surface area contributed by atoms with Gasteiger partial charge in [-0.25, -0.2) is 9.79 Å². The molecule has 9 nitrogen and oxygen atoms in total. The molecular formula is C38H33ClN2O7S. The number of esters is 1. The van der Waals surface area contributed by atoms with Crippen LogP contribution in [0.1, 0.15) is 35.2 Å². The fraction of sp³-hybridized carbons (Fsp3) is 0.184. The summed E-state index contributed by atoms with van der Waals surface area (Å²) in [6.07, 6.45) is 1.72. The summed E-state index contributed by atoms with van der Waals surface area (Å²) in [6, 6.07) is 27.0. The maximum atomic E-state index is 14.4. The monoisotopic (exact) mass is 696 g/mol. The maximum Gasteiger partial charge on any atom is 0.338 e. The van der Waals surface area contributed by atoms with Gasteiger partial charge in [0.25, 0.3) is 5.56 Å². The number of hydrogen-bond acceptors (Lipinski definition) is 9. The normalized spacial score (nSPS) is 14.1. The standard InChI is InChI=1S/C38H33ClN2O7S/c1-5-47-37(43)32-33(25-14-10-7-11-15-25)40-38-41(34(32)26-16-17-28(44-2)29(21-26)45-3)36(42)31(49-38)20-24-18-27(39)35(30(19-24)46-4)48-22-23-12-8-6-9-13-23/h6-21,34H,5,22H2,1-4H3/b31-20-/t34-/m1/s1. The summed E-state index contributed by atoms with van der Waals surface area (Å²) in [5.74, 6) is 1.18. The molecule has 0 saturated carbocycles. The number of thiazole rings is 1. The van der Waals surface area contributed by atoms with E-state index >= 15 is 0 Å². The van der Waals surface area contributed by atoms with E-state index < -0.39 is 12.0 Å². The molecule has 4 aromatic carbocycles. The van der Waals surface area contributed by atoms with Gasteiger partial charge in [-0.1, -0.05) is 89.7 Å². The van der Waals surface area contributed by atoms with E-state index in [-0.39, 0.29) is 17.7 Å². The first-order valence-electron chi connectivity index (χ1n) is 15.4. The van der Waals surface area contributed by atoms with E-state index in [1.165, 1.54) is 30.1 Å². The Morgan fingerprint density at radius 3 is 2.27 bits per heavy atom. The molecule has 1 aliphatic rings. The molecule has 0 spiro atoms. The third-order valence-electron chi connectivity index (χ3n) is 7.87. The van der Waals surface area contributed by atoms with Gasteiger partial charge in [0.2, 0.25) is 0 Å². The highest BCUT2D eigenvalue weighted by molar-refractivity contribution is 7.07. The molecule has 0 amide bonds. The van der Waals surface area contributed by atoms with Crippen molar-refractivity contribution in [2.45, 2.75) is 19.6 Å². The van der Waals surface area contributed by atoms with Crippen molar-refractivity contribution in [3.8, 4) is 23.0 Å². The molecule has 0 radical (unpaired) electrons. The maximum absolute atomic E-state index is 14.4. The third kappa shape index (κ3) is 6.83. The minimum atomic E-state index is -0.889. The van der Waals surface area contributed by atoms with E-state index in [2.05, 4.69) is 0 Å². The minimum absolute atomic E-state index is 0.140. The SMILES string of the molecule is CCOC(=O)C1=C(c2ccccc2)N=c2s/c(=C\c3cc(Cl)c(OCc4ccccc4)c(OC)c3)c(=O)n2[C@@H]1c1ccc(OC)c(OC)c1. The van der Waals surface area contributed by atoms with Crippen LogP contribution in [-0.4, -0.2) is 38.5 Å². The number of ether oxygens (including phenoxy) is 5. The molecule has 1 aromatic heterocycles. The Kier molecular flexibility index (Phi) is 10.2. The summed E-state index contributed by atoms with van der Waals surface area (Å²) >= 11 is 7.91. The highest BCUT2D eigenvalue weighted by Gasteiger charge is 2.35. The van der Waals surface area contributed by atoms with Crippen molar-refractivity contribution in [1.82, 2.24) is 4.57 Å². The molecule has 6 rings (SSSR count). The van der Waals surface area contributed by atoms with E-state index in [9.17, 15) is 9.59 Å². The number of fused-ring (bicyclic) bond motifs is 1. The first-order chi connectivity index (χ1) is 23.9. The van der Waals surface area contributed by atoms with Gasteiger partial charge in [0, 0.05) is 5.56 Å². The van der Waals surface area contributed by atoms with Crippen LogP contribution in [0.2, 0.25) is 5.02 Å². The predicted molar refractivity (Wildman–Crippen MR) is 189 cm³/mol. The molecule has 11 heteroatoms. The van der Waals surface area contributed by atoms with Crippen LogP contribution in [0.25, 0.3) is 11.8 Å². The first-order valence-corrected chi connectivity index (χ1v) is 16.6. The molecule has 0 saturated heterocycles. The lowest BCUT2D eigenvalue weighted by Crippen LogP contribution is -2.40. The van der Waals surface area contributed by atoms with Gasteiger partial charge in [-0.15, -0.1) is 0 Å². The number of benzene rings is 4. The number of carbonyl (C=O) groups excluding carboxylic acids is 1. The van der Waals surface area contributed by atoms with Crippen LogP contribution in [0, 0.1) is 0 Å². The Balaban J connectivity index is 1.53. The highest BCUT2D eigenvalue weighted by atomic mass is 35.5. The Labute approximate surface area is 291 Å². The van der Waals surface area contributed by atoms with Crippen LogP contribution in [0.3, 0.4) is 0 Å². The van der Waals surface area contributed by atoms with Crippen molar-refractivity contribution in [2.24, 2.45) is 4.99 Å². The van der Waals surface area contributed by atoms with Gasteiger partial charge in [0.15, 0.2) is 27.8 Å². The average Bonchev–Trinajstić information content (AvgIpc) is 3.44. The average molecular weight is 697 g/mol. The molecule has 0 aliphatic carbocycles. The number of aromatic nitrogens is 1. The number of methoxy groups -OCH3 is 3. The fourth-order valence-electron chi connectivity index (χ4n) is 5.62. The Bertz CT molecular complexity index is 2210. The van der Waals surface area contributed by atoms with E-state index in [0.717, 1.165) is 5.56 Å². The summed E-state index contributed by atoms with van der Waals surface area (Å²) in [7, 11) is 4.60. The quantitative estimate of drug-likeness (QED) is 0.152. The largest absolute Gasteiger partial charge is 0.493 e. The highest BCUT2D eigenvalue weighted by Crippen LogP contribution is 2.39. The van der Waals surface area contributed by atoms with Crippen LogP contribution in [0.4, 0.5) is 0 Å². The number of halogens is 1. The summed E-state index contributed by atoms with van der Waals surface area (Å²) in [5, 5.41) is 0.327. The number of hydrogen-bond donors (Lipinski definition) is 0. The lowest BCUT2D eigenvalue weighted by molar-refractivity contribution is -0.138. The molecule has 2 heterocycles. The molecule has 1 atom stereocenters. The smallest absolute Gasteiger partial charge is 0.338 e. The summed E-state index contributed by atoms with van der Waals surface area (Å²) in [5.41, 5.74) is 3.20. The van der Waals surface area contributed by atoms with Crippen LogP contribution in [0.5, 0.6) is 23.0 Å². The second-order valence-electron chi connectivity index (χ2n) is 10.9. The van der Waals surface area contributed by atoms with Gasteiger partial charge in [-0.3, -0.25) is 9.36 Å². The predicted octanol–water partition coefficient (Wildman–Crippen LogP) is 6.19. The van der Waals surface area contributed by atoms with Crippen LogP contribution >= 0.6 is 22.9 Å². The molecule has 49 heavy (non-hydrogen) atoms. The molecule has 5 aromatic rings. The molecule has 0 bridgehead atoms. The Morgan fingerprint density at radius 1 is 0.898 bits per heavy atom. The molecule has 1 aliphatic heterocycles. The number of carbonyl (C=O) groups is 1. The number of rotatable bonds is 11. The van der Waals surface area contributed by atoms with Crippen LogP contribution < -0.4 is 33.8 Å². The minimum Gasteiger partial charge on any atom is -0.493 e. The van der Waals surface area contributed by atoms with Crippen molar-refractivity contribution >= 4 is 40.7 Å². The van der Waals surface area contributed by atoms with Gasteiger partial charge >= 0.3 is 5.97 Å². The van der Waals surface area contributed by atoms with Gasteiger partial charge in [0.1, 0.15) is 6.61 Å². The lowest BCUT2D eigenvalue weighted by atomic mass is 9.93. The van der Waals surface area contributed by atoms with E-state index in [0.29, 0.717) is 66.3 Å². The molecule has 250 valence electrons.